The highest BCUT2D eigenvalue weighted by atomic mass is 16.6. The Hall–Kier alpha value is -5.26. The van der Waals surface area contributed by atoms with Crippen molar-refractivity contribution in [2.75, 3.05) is 27.7 Å². The van der Waals surface area contributed by atoms with E-state index in [0.717, 1.165) is 0 Å². The fourth-order valence-electron chi connectivity index (χ4n) is 8.37. The third-order valence-corrected chi connectivity index (χ3v) is 12.6. The third kappa shape index (κ3) is 14.9. The van der Waals surface area contributed by atoms with E-state index in [1.807, 2.05) is 34.6 Å². The highest BCUT2D eigenvalue weighted by molar-refractivity contribution is 5.96. The molecule has 0 bridgehead atoms. The predicted octanol–water partition coefficient (Wildman–Crippen LogP) is 2.76. The van der Waals surface area contributed by atoms with Crippen molar-refractivity contribution in [1.29, 1.82) is 0 Å². The molecular weight excluding hydrogens is 853 g/mol. The van der Waals surface area contributed by atoms with E-state index in [9.17, 15) is 43.5 Å². The number of esters is 2. The molecule has 1 aromatic carbocycles. The minimum absolute atomic E-state index is 0.0551. The van der Waals surface area contributed by atoms with Gasteiger partial charge in [-0.3, -0.25) is 33.6 Å². The summed E-state index contributed by atoms with van der Waals surface area (Å²) in [5.74, 6) is -6.23. The molecule has 0 radical (unpaired) electrons. The number of aliphatic hydroxyl groups is 1. The average Bonchev–Trinajstić information content (AvgIpc) is 3.75. The molecule has 2 saturated heterocycles. The number of rotatable bonds is 13. The van der Waals surface area contributed by atoms with Crippen LogP contribution in [0.25, 0.3) is 0 Å². The van der Waals surface area contributed by atoms with Gasteiger partial charge in [0.15, 0.2) is 6.10 Å². The molecule has 2 heterocycles. The maximum absolute atomic E-state index is 14.7. The Morgan fingerprint density at radius 2 is 1.58 bits per heavy atom. The van der Waals surface area contributed by atoms with Crippen molar-refractivity contribution in [2.45, 2.75) is 169 Å². The van der Waals surface area contributed by atoms with Crippen LogP contribution in [-0.2, 0) is 54.3 Å². The van der Waals surface area contributed by atoms with Gasteiger partial charge in [-0.1, -0.05) is 73.9 Å². The quantitative estimate of drug-likeness (QED) is 0.210. The van der Waals surface area contributed by atoms with Crippen LogP contribution in [0, 0.1) is 23.7 Å². The molecule has 0 aliphatic carbocycles. The van der Waals surface area contributed by atoms with Crippen LogP contribution in [-0.4, -0.2) is 150 Å². The summed E-state index contributed by atoms with van der Waals surface area (Å²) in [5, 5.41) is 19.9. The second kappa shape index (κ2) is 25.0. The number of aliphatic hydroxyl groups excluding tert-OH is 1. The summed E-state index contributed by atoms with van der Waals surface area (Å²) in [5.41, 5.74) is 0.628. The van der Waals surface area contributed by atoms with Crippen molar-refractivity contribution in [3.05, 3.63) is 29.8 Å². The molecule has 4 N–H and O–H groups in total. The molecule has 370 valence electrons. The SMILES string of the molecule is CC[C@H](C)[C@H]1NC(=O)[C@@H](NC(=O)C(CC(C)C)N(C)C(C)=O)[C@@H](C)OC(=O)[C@H](Cc2ccc(OC)cc2)N(C)C(=O)[C@@H]2CCCN2C(=O)[C@H](CC(C)C)NC(=O)[C@H](C(C)C)OC(=O)C[C@@H]1O. The van der Waals surface area contributed by atoms with Crippen molar-refractivity contribution in [3.63, 3.8) is 0 Å². The van der Waals surface area contributed by atoms with Crippen LogP contribution >= 0.6 is 0 Å². The fourth-order valence-corrected chi connectivity index (χ4v) is 8.37. The molecular formula is C48H76N6O12. The van der Waals surface area contributed by atoms with Gasteiger partial charge in [0.05, 0.1) is 25.7 Å². The Labute approximate surface area is 390 Å². The lowest BCUT2D eigenvalue weighted by molar-refractivity contribution is -0.162. The Morgan fingerprint density at radius 3 is 2.12 bits per heavy atom. The van der Waals surface area contributed by atoms with Crippen LogP contribution in [0.15, 0.2) is 24.3 Å². The predicted molar refractivity (Wildman–Crippen MR) is 245 cm³/mol. The van der Waals surface area contributed by atoms with Crippen molar-refractivity contribution in [1.82, 2.24) is 30.7 Å². The number of nitrogens with one attached hydrogen (secondary N) is 3. The number of cyclic esters (lactones) is 2. The number of amides is 6. The number of hydrogen-bond acceptors (Lipinski definition) is 12. The molecule has 66 heavy (non-hydrogen) atoms. The summed E-state index contributed by atoms with van der Waals surface area (Å²) in [7, 11) is 4.42. The molecule has 2 aliphatic rings. The van der Waals surface area contributed by atoms with E-state index in [4.69, 9.17) is 14.2 Å². The molecule has 18 heteroatoms. The number of benzene rings is 1. The Balaban J connectivity index is 2.25. The first-order valence-corrected chi connectivity index (χ1v) is 23.3. The topological polar surface area (TPSA) is 230 Å². The van der Waals surface area contributed by atoms with Crippen molar-refractivity contribution in [2.24, 2.45) is 23.7 Å². The van der Waals surface area contributed by atoms with E-state index >= 15 is 0 Å². The largest absolute Gasteiger partial charge is 0.497 e. The molecule has 18 nitrogen and oxygen atoms in total. The van der Waals surface area contributed by atoms with Crippen LogP contribution < -0.4 is 20.7 Å². The van der Waals surface area contributed by atoms with Gasteiger partial charge in [-0.05, 0) is 74.0 Å². The fraction of sp³-hybridized carbons (Fsp3) is 0.708. The Bertz CT molecular complexity index is 1860. The lowest BCUT2D eigenvalue weighted by Gasteiger charge is -2.35. The number of nitrogens with zero attached hydrogens (tertiary/aromatic N) is 3. The van der Waals surface area contributed by atoms with Crippen LogP contribution in [0.2, 0.25) is 0 Å². The maximum Gasteiger partial charge on any atom is 0.329 e. The number of hydrogen-bond donors (Lipinski definition) is 4. The summed E-state index contributed by atoms with van der Waals surface area (Å²) in [4.78, 5) is 117. The minimum atomic E-state index is -1.62. The van der Waals surface area contributed by atoms with Gasteiger partial charge in [0, 0.05) is 34.0 Å². The summed E-state index contributed by atoms with van der Waals surface area (Å²) >= 11 is 0. The van der Waals surface area contributed by atoms with Gasteiger partial charge in [-0.2, -0.15) is 0 Å². The molecule has 2 fully saturated rings. The smallest absolute Gasteiger partial charge is 0.329 e. The van der Waals surface area contributed by atoms with Gasteiger partial charge in [-0.25, -0.2) is 4.79 Å². The van der Waals surface area contributed by atoms with E-state index in [1.54, 1.807) is 45.0 Å². The molecule has 1 aromatic rings. The van der Waals surface area contributed by atoms with E-state index in [1.165, 1.54) is 49.8 Å². The van der Waals surface area contributed by atoms with E-state index in [0.29, 0.717) is 24.2 Å². The zero-order valence-corrected chi connectivity index (χ0v) is 41.3. The molecule has 6 amide bonds. The van der Waals surface area contributed by atoms with Gasteiger partial charge < -0.3 is 50.0 Å². The second-order valence-electron chi connectivity index (χ2n) is 19.1. The summed E-state index contributed by atoms with van der Waals surface area (Å²) in [6.45, 7) is 17.3. The van der Waals surface area contributed by atoms with Gasteiger partial charge in [0.25, 0.3) is 5.91 Å². The lowest BCUT2D eigenvalue weighted by Crippen LogP contribution is -2.61. The molecule has 0 spiro atoms. The molecule has 0 aromatic heterocycles. The monoisotopic (exact) mass is 929 g/mol. The van der Waals surface area contributed by atoms with Crippen molar-refractivity contribution < 1.29 is 57.7 Å². The van der Waals surface area contributed by atoms with Crippen LogP contribution in [0.4, 0.5) is 0 Å². The van der Waals surface area contributed by atoms with Gasteiger partial charge in [-0.15, -0.1) is 0 Å². The number of fused-ring (bicyclic) bond motifs is 1. The second-order valence-corrected chi connectivity index (χ2v) is 19.1. The van der Waals surface area contributed by atoms with Gasteiger partial charge in [0.2, 0.25) is 29.5 Å². The molecule has 10 atom stereocenters. The van der Waals surface area contributed by atoms with E-state index < -0.39 is 120 Å². The molecule has 0 saturated carbocycles. The maximum atomic E-state index is 14.7. The summed E-state index contributed by atoms with van der Waals surface area (Å²) in [6, 6.07) is -0.314. The Kier molecular flexibility index (Phi) is 20.9. The molecule has 3 rings (SSSR count). The van der Waals surface area contributed by atoms with Crippen molar-refractivity contribution >= 4 is 47.4 Å². The minimum Gasteiger partial charge on any atom is -0.497 e. The number of carbonyl (C=O) groups is 8. The highest BCUT2D eigenvalue weighted by Gasteiger charge is 2.44. The summed E-state index contributed by atoms with van der Waals surface area (Å²) < 4.78 is 17.1. The first kappa shape index (κ1) is 55.1. The lowest BCUT2D eigenvalue weighted by atomic mass is 9.92. The molecule has 2 aliphatic heterocycles. The number of likely N-dealkylation sites (N-methyl/N-ethyl adjacent to an activating group) is 2. The van der Waals surface area contributed by atoms with Crippen LogP contribution in [0.5, 0.6) is 5.75 Å². The van der Waals surface area contributed by atoms with Gasteiger partial charge in [0.1, 0.15) is 42.1 Å². The van der Waals surface area contributed by atoms with Crippen LogP contribution in [0.1, 0.15) is 113 Å². The standard InChI is InChI=1S/C48H76N6O12/c1-14-29(8)40-38(56)25-39(57)66-42(28(6)7)45(60)49-34(22-26(2)3)46(61)54-21-15-16-35(54)47(62)53(12)37(24-32-17-19-33(64-13)20-18-32)48(63)65-30(9)41(44(59)50-40)51-43(58)36(23-27(4)5)52(11)31(10)55/h17-20,26-30,34-38,40-42,56H,14-16,21-25H2,1-13H3,(H,49,60)(H,50,59)(H,51,58)/t29-,30+,34-,35-,36?,37-,38-,40+,41-,42-/m0/s1. The Morgan fingerprint density at radius 1 is 0.939 bits per heavy atom. The van der Waals surface area contributed by atoms with Gasteiger partial charge >= 0.3 is 11.9 Å². The zero-order valence-electron chi connectivity index (χ0n) is 41.3. The highest BCUT2D eigenvalue weighted by Crippen LogP contribution is 2.26. The molecule has 1 unspecified atom stereocenters. The average molecular weight is 929 g/mol. The number of ether oxygens (including phenoxy) is 3. The van der Waals surface area contributed by atoms with Crippen LogP contribution in [0.3, 0.4) is 0 Å². The van der Waals surface area contributed by atoms with E-state index in [-0.39, 0.29) is 44.1 Å². The normalized spacial score (nSPS) is 26.4. The number of methoxy groups -OCH3 is 1. The number of carbonyl (C=O) groups excluding carboxylic acids is 8. The first-order chi connectivity index (χ1) is 30.9. The summed E-state index contributed by atoms with van der Waals surface area (Å²) in [6.07, 6.45) is -3.44. The van der Waals surface area contributed by atoms with Crippen molar-refractivity contribution in [3.8, 4) is 5.75 Å². The third-order valence-electron chi connectivity index (χ3n) is 12.6. The zero-order chi connectivity index (χ0) is 49.7. The first-order valence-electron chi connectivity index (χ1n) is 23.3. The van der Waals surface area contributed by atoms with E-state index in [2.05, 4.69) is 16.0 Å².